The highest BCUT2D eigenvalue weighted by atomic mass is 32.2. The van der Waals surface area contributed by atoms with E-state index in [0.717, 1.165) is 23.2 Å². The lowest BCUT2D eigenvalue weighted by Crippen LogP contribution is -2.35. The summed E-state index contributed by atoms with van der Waals surface area (Å²) >= 11 is 0. The van der Waals surface area contributed by atoms with Crippen LogP contribution in [0.25, 0.3) is 0 Å². The van der Waals surface area contributed by atoms with Gasteiger partial charge in [-0.3, -0.25) is 0 Å². The lowest BCUT2D eigenvalue weighted by Gasteiger charge is -2.35. The van der Waals surface area contributed by atoms with Gasteiger partial charge in [0.05, 0.1) is 4.90 Å². The summed E-state index contributed by atoms with van der Waals surface area (Å²) in [6.45, 7) is 8.49. The van der Waals surface area contributed by atoms with Gasteiger partial charge in [0.2, 0.25) is 10.0 Å². The minimum atomic E-state index is -3.67. The van der Waals surface area contributed by atoms with Crippen molar-refractivity contribution in [2.75, 3.05) is 5.32 Å². The van der Waals surface area contributed by atoms with Crippen LogP contribution in [0.15, 0.2) is 17.0 Å². The molecule has 0 spiro atoms. The second kappa shape index (κ2) is 5.97. The predicted molar refractivity (Wildman–Crippen MR) is 86.9 cm³/mol. The molecule has 1 aliphatic carbocycles. The van der Waals surface area contributed by atoms with Gasteiger partial charge in [0.25, 0.3) is 0 Å². The topological polar surface area (TPSA) is 72.2 Å². The summed E-state index contributed by atoms with van der Waals surface area (Å²) < 4.78 is 23.2. The molecule has 0 aliphatic heterocycles. The molecule has 1 aromatic carbocycles. The van der Waals surface area contributed by atoms with Crippen LogP contribution in [-0.4, -0.2) is 14.5 Å². The predicted octanol–water partition coefficient (Wildman–Crippen LogP) is 3.19. The minimum absolute atomic E-state index is 0.185. The summed E-state index contributed by atoms with van der Waals surface area (Å²) in [5, 5.41) is 8.83. The van der Waals surface area contributed by atoms with Crippen molar-refractivity contribution in [2.24, 2.45) is 17.0 Å². The monoisotopic (exact) mass is 310 g/mol. The van der Waals surface area contributed by atoms with E-state index >= 15 is 0 Å². The van der Waals surface area contributed by atoms with E-state index in [9.17, 15) is 8.42 Å². The number of rotatable bonds is 3. The Hall–Kier alpha value is -1.07. The molecule has 0 aromatic heterocycles. The van der Waals surface area contributed by atoms with E-state index in [0.29, 0.717) is 17.9 Å². The Bertz CT molecular complexity index is 625. The third-order valence-corrected chi connectivity index (χ3v) is 5.91. The zero-order chi connectivity index (χ0) is 15.8. The number of nitrogens with one attached hydrogen (secondary N) is 1. The highest BCUT2D eigenvalue weighted by molar-refractivity contribution is 7.89. The van der Waals surface area contributed by atoms with Crippen LogP contribution in [0.2, 0.25) is 0 Å². The Labute approximate surface area is 128 Å². The Morgan fingerprint density at radius 3 is 2.48 bits per heavy atom. The van der Waals surface area contributed by atoms with Gasteiger partial charge in [-0.25, -0.2) is 13.6 Å². The third kappa shape index (κ3) is 3.58. The number of hydrogen-bond donors (Lipinski definition) is 2. The zero-order valence-corrected chi connectivity index (χ0v) is 14.1. The number of anilines is 1. The zero-order valence-electron chi connectivity index (χ0n) is 13.3. The normalized spacial score (nSPS) is 26.6. The molecule has 0 saturated heterocycles. The molecule has 4 nitrogen and oxygen atoms in total. The summed E-state index contributed by atoms with van der Waals surface area (Å²) in [6, 6.07) is 3.70. The molecule has 0 bridgehead atoms. The van der Waals surface area contributed by atoms with Crippen molar-refractivity contribution in [1.29, 1.82) is 0 Å². The van der Waals surface area contributed by atoms with Crippen LogP contribution >= 0.6 is 0 Å². The summed E-state index contributed by atoms with van der Waals surface area (Å²) in [6.07, 6.45) is 3.62. The maximum absolute atomic E-state index is 11.6. The Morgan fingerprint density at radius 2 is 1.86 bits per heavy atom. The van der Waals surface area contributed by atoms with Crippen molar-refractivity contribution in [3.05, 3.63) is 23.3 Å². The molecule has 2 rings (SSSR count). The van der Waals surface area contributed by atoms with Crippen molar-refractivity contribution >= 4 is 15.7 Å². The fourth-order valence-electron chi connectivity index (χ4n) is 3.13. The first kappa shape index (κ1) is 16.3. The lowest BCUT2D eigenvalue weighted by molar-refractivity contribution is 0.253. The molecule has 1 aromatic rings. The first-order chi connectivity index (χ1) is 9.70. The quantitative estimate of drug-likeness (QED) is 0.900. The first-order valence-corrected chi connectivity index (χ1v) is 9.15. The molecule has 5 heteroatoms. The van der Waals surface area contributed by atoms with Crippen LogP contribution in [0.3, 0.4) is 0 Å². The molecule has 21 heavy (non-hydrogen) atoms. The minimum Gasteiger partial charge on any atom is -0.382 e. The average molecular weight is 310 g/mol. The molecule has 1 saturated carbocycles. The number of aryl methyl sites for hydroxylation is 1. The van der Waals surface area contributed by atoms with Crippen LogP contribution in [0.1, 0.15) is 44.2 Å². The fraction of sp³-hybridized carbons (Fsp3) is 0.625. The SMILES string of the molecule is Cc1cc(S(N)(=O)=O)cc(NC2CCCC(C)C2C)c1C. The van der Waals surface area contributed by atoms with Gasteiger partial charge >= 0.3 is 0 Å². The molecule has 118 valence electrons. The maximum Gasteiger partial charge on any atom is 0.238 e. The molecule has 1 aliphatic rings. The van der Waals surface area contributed by atoms with E-state index < -0.39 is 10.0 Å². The van der Waals surface area contributed by atoms with Crippen molar-refractivity contribution in [2.45, 2.75) is 57.9 Å². The smallest absolute Gasteiger partial charge is 0.238 e. The maximum atomic E-state index is 11.6. The lowest BCUT2D eigenvalue weighted by atomic mass is 9.78. The van der Waals surface area contributed by atoms with Crippen LogP contribution in [-0.2, 0) is 10.0 Å². The van der Waals surface area contributed by atoms with Gasteiger partial charge in [-0.2, -0.15) is 0 Å². The van der Waals surface area contributed by atoms with Gasteiger partial charge in [0.1, 0.15) is 0 Å². The Morgan fingerprint density at radius 1 is 1.19 bits per heavy atom. The van der Waals surface area contributed by atoms with Crippen molar-refractivity contribution in [3.8, 4) is 0 Å². The van der Waals surface area contributed by atoms with E-state index in [2.05, 4.69) is 19.2 Å². The second-order valence-electron chi connectivity index (χ2n) is 6.48. The largest absolute Gasteiger partial charge is 0.382 e. The summed E-state index contributed by atoms with van der Waals surface area (Å²) in [7, 11) is -3.67. The molecule has 0 radical (unpaired) electrons. The molecule has 0 heterocycles. The van der Waals surface area contributed by atoms with Crippen LogP contribution in [0.5, 0.6) is 0 Å². The van der Waals surface area contributed by atoms with Gasteiger partial charge in [0, 0.05) is 11.7 Å². The molecule has 1 fully saturated rings. The van der Waals surface area contributed by atoms with Gasteiger partial charge in [-0.05, 0) is 55.4 Å². The van der Waals surface area contributed by atoms with E-state index in [1.54, 1.807) is 12.1 Å². The van der Waals surface area contributed by atoms with E-state index in [4.69, 9.17) is 5.14 Å². The van der Waals surface area contributed by atoms with Gasteiger partial charge < -0.3 is 5.32 Å². The summed E-state index contributed by atoms with van der Waals surface area (Å²) in [4.78, 5) is 0.185. The fourth-order valence-corrected chi connectivity index (χ4v) is 3.75. The van der Waals surface area contributed by atoms with E-state index in [1.165, 1.54) is 12.8 Å². The number of nitrogens with two attached hydrogens (primary N) is 1. The highest BCUT2D eigenvalue weighted by Gasteiger charge is 2.27. The summed E-state index contributed by atoms with van der Waals surface area (Å²) in [5.41, 5.74) is 2.93. The molecule has 3 unspecified atom stereocenters. The molecular weight excluding hydrogens is 284 g/mol. The average Bonchev–Trinajstić information content (AvgIpc) is 2.38. The first-order valence-electron chi connectivity index (χ1n) is 7.60. The van der Waals surface area contributed by atoms with Crippen molar-refractivity contribution in [1.82, 2.24) is 0 Å². The number of sulfonamides is 1. The van der Waals surface area contributed by atoms with Gasteiger partial charge in [-0.15, -0.1) is 0 Å². The van der Waals surface area contributed by atoms with E-state index in [1.807, 2.05) is 13.8 Å². The molecule has 3 atom stereocenters. The van der Waals surface area contributed by atoms with Crippen LogP contribution in [0, 0.1) is 25.7 Å². The van der Waals surface area contributed by atoms with Crippen molar-refractivity contribution in [3.63, 3.8) is 0 Å². The van der Waals surface area contributed by atoms with Gasteiger partial charge in [0.15, 0.2) is 0 Å². The molecular formula is C16H26N2O2S. The van der Waals surface area contributed by atoms with Gasteiger partial charge in [-0.1, -0.05) is 26.7 Å². The van der Waals surface area contributed by atoms with Crippen LogP contribution < -0.4 is 10.5 Å². The summed E-state index contributed by atoms with van der Waals surface area (Å²) in [5.74, 6) is 1.27. The van der Waals surface area contributed by atoms with E-state index in [-0.39, 0.29) is 4.90 Å². The number of hydrogen-bond acceptors (Lipinski definition) is 3. The standard InChI is InChI=1S/C16H26N2O2S/c1-10-6-5-7-15(12(10)3)18-16-9-14(21(17,19)20)8-11(2)13(16)4/h8-10,12,15,18H,5-7H2,1-4H3,(H2,17,19,20). The Kier molecular flexibility index (Phi) is 4.63. The molecule has 3 N–H and O–H groups in total. The third-order valence-electron chi connectivity index (χ3n) is 5.02. The number of primary sulfonamides is 1. The van der Waals surface area contributed by atoms with Crippen molar-refractivity contribution < 1.29 is 8.42 Å². The molecule has 0 amide bonds. The second-order valence-corrected chi connectivity index (χ2v) is 8.04. The van der Waals surface area contributed by atoms with Crippen LogP contribution in [0.4, 0.5) is 5.69 Å². The Balaban J connectivity index is 2.33. The highest BCUT2D eigenvalue weighted by Crippen LogP contribution is 2.33. The number of benzene rings is 1.